The van der Waals surface area contributed by atoms with Crippen LogP contribution < -0.4 is 10.1 Å². The summed E-state index contributed by atoms with van der Waals surface area (Å²) in [7, 11) is 3.33. The van der Waals surface area contributed by atoms with Crippen LogP contribution in [0.25, 0.3) is 0 Å². The predicted octanol–water partition coefficient (Wildman–Crippen LogP) is 2.20. The summed E-state index contributed by atoms with van der Waals surface area (Å²) in [6, 6.07) is 5.92. The van der Waals surface area contributed by atoms with Gasteiger partial charge >= 0.3 is 0 Å². The monoisotopic (exact) mass is 223 g/mol. The van der Waals surface area contributed by atoms with E-state index in [-0.39, 0.29) is 5.41 Å². The minimum absolute atomic E-state index is 0.0640. The Bertz CT molecular complexity index is 355. The zero-order valence-corrected chi connectivity index (χ0v) is 10.7. The van der Waals surface area contributed by atoms with E-state index in [0.29, 0.717) is 5.75 Å². The van der Waals surface area contributed by atoms with Crippen LogP contribution in [0.1, 0.15) is 38.1 Å². The normalized spacial score (nSPS) is 13.6. The lowest BCUT2D eigenvalue weighted by Gasteiger charge is -2.22. The highest BCUT2D eigenvalue weighted by molar-refractivity contribution is 5.40. The Morgan fingerprint density at radius 2 is 1.94 bits per heavy atom. The molecule has 0 aliphatic carbocycles. The highest BCUT2D eigenvalue weighted by Crippen LogP contribution is 2.30. The average Bonchev–Trinajstić information content (AvgIpc) is 2.25. The molecule has 2 N–H and O–H groups in total. The molecule has 0 heterocycles. The third kappa shape index (κ3) is 2.74. The molecule has 90 valence electrons. The third-order valence-corrected chi connectivity index (χ3v) is 2.66. The van der Waals surface area contributed by atoms with E-state index in [1.807, 2.05) is 18.2 Å². The molecular formula is C13H21NO2. The number of hydrogen-bond acceptors (Lipinski definition) is 3. The largest absolute Gasteiger partial charge is 0.496 e. The first-order valence-electron chi connectivity index (χ1n) is 5.44. The Balaban J connectivity index is 3.21. The Labute approximate surface area is 97.4 Å². The summed E-state index contributed by atoms with van der Waals surface area (Å²) in [5.74, 6) is 0.704. The van der Waals surface area contributed by atoms with E-state index < -0.39 is 6.23 Å². The Kier molecular flexibility index (Phi) is 3.94. The molecule has 0 aromatic heterocycles. The van der Waals surface area contributed by atoms with Crippen LogP contribution in [0.5, 0.6) is 5.75 Å². The van der Waals surface area contributed by atoms with Gasteiger partial charge in [-0.05, 0) is 30.2 Å². The number of ether oxygens (including phenoxy) is 1. The fourth-order valence-corrected chi connectivity index (χ4v) is 1.57. The molecule has 1 unspecified atom stereocenters. The van der Waals surface area contributed by atoms with E-state index in [0.717, 1.165) is 5.56 Å². The van der Waals surface area contributed by atoms with Gasteiger partial charge in [0.05, 0.1) is 7.11 Å². The minimum Gasteiger partial charge on any atom is -0.496 e. The first kappa shape index (κ1) is 13.0. The van der Waals surface area contributed by atoms with Crippen molar-refractivity contribution in [2.24, 2.45) is 0 Å². The summed E-state index contributed by atoms with van der Waals surface area (Å²) in [5.41, 5.74) is 2.02. The van der Waals surface area contributed by atoms with Crippen molar-refractivity contribution in [2.75, 3.05) is 14.2 Å². The van der Waals surface area contributed by atoms with E-state index in [4.69, 9.17) is 4.74 Å². The molecule has 1 rings (SSSR count). The molecule has 0 radical (unpaired) electrons. The van der Waals surface area contributed by atoms with Gasteiger partial charge in [0.1, 0.15) is 12.0 Å². The van der Waals surface area contributed by atoms with Gasteiger partial charge in [-0.1, -0.05) is 26.8 Å². The van der Waals surface area contributed by atoms with Crippen LogP contribution in [0.4, 0.5) is 0 Å². The second-order valence-corrected chi connectivity index (χ2v) is 4.90. The maximum atomic E-state index is 9.84. The number of benzene rings is 1. The number of hydrogen-bond donors (Lipinski definition) is 2. The molecule has 1 atom stereocenters. The van der Waals surface area contributed by atoms with Crippen LogP contribution in [0.15, 0.2) is 18.2 Å². The number of methoxy groups -OCH3 is 1. The Hall–Kier alpha value is -1.06. The van der Waals surface area contributed by atoms with Gasteiger partial charge < -0.3 is 9.84 Å². The summed E-state index contributed by atoms with van der Waals surface area (Å²) in [4.78, 5) is 0. The molecule has 1 aromatic carbocycles. The van der Waals surface area contributed by atoms with Gasteiger partial charge in [0.2, 0.25) is 0 Å². The molecule has 0 bridgehead atoms. The molecule has 0 aliphatic heterocycles. The number of rotatable bonds is 3. The van der Waals surface area contributed by atoms with Crippen molar-refractivity contribution in [3.8, 4) is 5.75 Å². The first-order chi connectivity index (χ1) is 7.40. The molecule has 0 aliphatic rings. The second-order valence-electron chi connectivity index (χ2n) is 4.90. The second kappa shape index (κ2) is 4.85. The fourth-order valence-electron chi connectivity index (χ4n) is 1.57. The molecule has 0 saturated heterocycles. The van der Waals surface area contributed by atoms with Gasteiger partial charge in [-0.25, -0.2) is 0 Å². The summed E-state index contributed by atoms with van der Waals surface area (Å²) >= 11 is 0. The summed E-state index contributed by atoms with van der Waals surface area (Å²) < 4.78 is 5.24. The SMILES string of the molecule is CNC(O)c1cc(C(C)(C)C)ccc1OC. The smallest absolute Gasteiger partial charge is 0.134 e. The lowest BCUT2D eigenvalue weighted by Crippen LogP contribution is -2.18. The number of nitrogens with one attached hydrogen (secondary N) is 1. The van der Waals surface area contributed by atoms with E-state index >= 15 is 0 Å². The van der Waals surface area contributed by atoms with Gasteiger partial charge in [0, 0.05) is 5.56 Å². The highest BCUT2D eigenvalue weighted by atomic mass is 16.5. The molecule has 0 fully saturated rings. The van der Waals surface area contributed by atoms with Crippen LogP contribution >= 0.6 is 0 Å². The summed E-state index contributed by atoms with van der Waals surface area (Å²) in [6.45, 7) is 6.43. The Morgan fingerprint density at radius 3 is 2.38 bits per heavy atom. The zero-order valence-electron chi connectivity index (χ0n) is 10.7. The average molecular weight is 223 g/mol. The lowest BCUT2D eigenvalue weighted by atomic mass is 9.86. The molecule has 3 nitrogen and oxygen atoms in total. The zero-order chi connectivity index (χ0) is 12.3. The molecular weight excluding hydrogens is 202 g/mol. The van der Waals surface area contributed by atoms with Crippen molar-refractivity contribution >= 4 is 0 Å². The molecule has 0 amide bonds. The summed E-state index contributed by atoms with van der Waals surface area (Å²) in [6.07, 6.45) is -0.697. The van der Waals surface area contributed by atoms with E-state index in [1.54, 1.807) is 14.2 Å². The molecule has 1 aromatic rings. The van der Waals surface area contributed by atoms with Crippen molar-refractivity contribution in [2.45, 2.75) is 32.4 Å². The van der Waals surface area contributed by atoms with Crippen molar-refractivity contribution in [1.29, 1.82) is 0 Å². The predicted molar refractivity (Wildman–Crippen MR) is 65.7 cm³/mol. The summed E-state index contributed by atoms with van der Waals surface area (Å²) in [5, 5.41) is 12.7. The maximum Gasteiger partial charge on any atom is 0.134 e. The molecule has 16 heavy (non-hydrogen) atoms. The molecule has 0 saturated carbocycles. The third-order valence-electron chi connectivity index (χ3n) is 2.66. The number of aliphatic hydroxyl groups is 1. The molecule has 3 heteroatoms. The van der Waals surface area contributed by atoms with Crippen LogP contribution in [0.2, 0.25) is 0 Å². The van der Waals surface area contributed by atoms with Crippen molar-refractivity contribution in [3.63, 3.8) is 0 Å². The van der Waals surface area contributed by atoms with Gasteiger partial charge in [0.25, 0.3) is 0 Å². The lowest BCUT2D eigenvalue weighted by molar-refractivity contribution is 0.145. The Morgan fingerprint density at radius 1 is 1.31 bits per heavy atom. The van der Waals surface area contributed by atoms with Crippen molar-refractivity contribution < 1.29 is 9.84 Å². The van der Waals surface area contributed by atoms with Gasteiger partial charge in [-0.3, -0.25) is 5.32 Å². The fraction of sp³-hybridized carbons (Fsp3) is 0.538. The standard InChI is InChI=1S/C13H21NO2/c1-13(2,3)9-6-7-11(16-5)10(8-9)12(15)14-4/h6-8,12,14-15H,1-5H3. The number of aliphatic hydroxyl groups excluding tert-OH is 1. The minimum atomic E-state index is -0.697. The van der Waals surface area contributed by atoms with Crippen LogP contribution in [-0.2, 0) is 5.41 Å². The first-order valence-corrected chi connectivity index (χ1v) is 5.44. The van der Waals surface area contributed by atoms with Crippen molar-refractivity contribution in [1.82, 2.24) is 5.32 Å². The van der Waals surface area contributed by atoms with Crippen LogP contribution in [-0.4, -0.2) is 19.3 Å². The van der Waals surface area contributed by atoms with Gasteiger partial charge in [-0.2, -0.15) is 0 Å². The van der Waals surface area contributed by atoms with E-state index in [2.05, 4.69) is 26.1 Å². The molecule has 0 spiro atoms. The quantitative estimate of drug-likeness (QED) is 0.772. The maximum absolute atomic E-state index is 9.84. The van der Waals surface area contributed by atoms with E-state index in [1.165, 1.54) is 5.56 Å². The van der Waals surface area contributed by atoms with Gasteiger partial charge in [-0.15, -0.1) is 0 Å². The van der Waals surface area contributed by atoms with Crippen molar-refractivity contribution in [3.05, 3.63) is 29.3 Å². The van der Waals surface area contributed by atoms with Crippen LogP contribution in [0.3, 0.4) is 0 Å². The topological polar surface area (TPSA) is 41.5 Å². The van der Waals surface area contributed by atoms with E-state index in [9.17, 15) is 5.11 Å². The van der Waals surface area contributed by atoms with Gasteiger partial charge in [0.15, 0.2) is 0 Å². The highest BCUT2D eigenvalue weighted by Gasteiger charge is 2.18. The van der Waals surface area contributed by atoms with Crippen LogP contribution in [0, 0.1) is 0 Å².